The Morgan fingerprint density at radius 1 is 0.844 bits per heavy atom. The van der Waals surface area contributed by atoms with Crippen LogP contribution >= 0.6 is 0 Å². The first-order chi connectivity index (χ1) is 14.9. The molecule has 0 aromatic heterocycles. The first kappa shape index (κ1) is 23.4. The second-order valence-corrected chi connectivity index (χ2v) is 14.8. The fourth-order valence-corrected chi connectivity index (χ4v) is 11.3. The second-order valence-electron chi connectivity index (χ2n) is 14.8. The molecule has 0 heterocycles. The molecule has 5 saturated carbocycles. The van der Waals surface area contributed by atoms with Gasteiger partial charge in [-0.15, -0.1) is 0 Å². The summed E-state index contributed by atoms with van der Waals surface area (Å²) < 4.78 is 0. The Labute approximate surface area is 199 Å². The van der Waals surface area contributed by atoms with E-state index in [-0.39, 0.29) is 11.5 Å². The van der Waals surface area contributed by atoms with Crippen molar-refractivity contribution in [2.45, 2.75) is 125 Å². The zero-order valence-corrected chi connectivity index (χ0v) is 22.4. The molecule has 5 fully saturated rings. The van der Waals surface area contributed by atoms with E-state index >= 15 is 0 Å². The molecule has 0 aromatic rings. The molecule has 32 heavy (non-hydrogen) atoms. The van der Waals surface area contributed by atoms with Gasteiger partial charge in [0.1, 0.15) is 0 Å². The zero-order chi connectivity index (χ0) is 23.3. The molecular weight excluding hydrogens is 388 g/mol. The number of allylic oxidation sites excluding steroid dienone is 1. The lowest BCUT2D eigenvalue weighted by molar-refractivity contribution is -0.161. The van der Waals surface area contributed by atoms with Gasteiger partial charge in [0, 0.05) is 0 Å². The van der Waals surface area contributed by atoms with Crippen molar-refractivity contribution in [1.29, 1.82) is 0 Å². The van der Waals surface area contributed by atoms with Crippen LogP contribution in [0.1, 0.15) is 119 Å². The van der Waals surface area contributed by atoms with Crippen LogP contribution in [0.25, 0.3) is 0 Å². The van der Waals surface area contributed by atoms with Crippen LogP contribution in [-0.2, 0) is 0 Å². The Morgan fingerprint density at radius 2 is 1.50 bits per heavy atom. The average Bonchev–Trinajstić information content (AvgIpc) is 3.31. The van der Waals surface area contributed by atoms with Gasteiger partial charge in [0.2, 0.25) is 0 Å². The molecule has 5 aliphatic carbocycles. The molecule has 2 spiro atoms. The van der Waals surface area contributed by atoms with Crippen molar-refractivity contribution >= 4 is 0 Å². The molecule has 182 valence electrons. The van der Waals surface area contributed by atoms with Crippen LogP contribution < -0.4 is 0 Å². The van der Waals surface area contributed by atoms with Gasteiger partial charge < -0.3 is 5.11 Å². The third-order valence-electron chi connectivity index (χ3n) is 13.7. The number of hydrogen-bond donors (Lipinski definition) is 1. The summed E-state index contributed by atoms with van der Waals surface area (Å²) in [6.45, 7) is 21.6. The molecule has 1 nitrogen and oxygen atoms in total. The van der Waals surface area contributed by atoms with Crippen LogP contribution in [-0.4, -0.2) is 11.2 Å². The van der Waals surface area contributed by atoms with E-state index < -0.39 is 0 Å². The monoisotopic (exact) mass is 440 g/mol. The van der Waals surface area contributed by atoms with E-state index in [0.29, 0.717) is 27.6 Å². The number of fused-ring (bicyclic) bond motifs is 2. The standard InChI is InChI=1S/C31H52O/c1-20(2)21(3)9-10-22(4)23-13-15-29(8)25-12-11-24-27(5,6)26(32)14-16-30(24)19-31(25,30)18-17-28(23,29)7/h21-26,32H,1,9-19H2,2-8H3/t21-,22-,23-,24+,25+,26+,28-,29+,30-,31+/m1/s1. The van der Waals surface area contributed by atoms with Crippen LogP contribution in [0.5, 0.6) is 0 Å². The number of rotatable bonds is 5. The molecule has 0 bridgehead atoms. The second kappa shape index (κ2) is 7.11. The third-order valence-corrected chi connectivity index (χ3v) is 13.7. The highest BCUT2D eigenvalue weighted by molar-refractivity contribution is 5.30. The van der Waals surface area contributed by atoms with Crippen molar-refractivity contribution in [1.82, 2.24) is 0 Å². The van der Waals surface area contributed by atoms with Gasteiger partial charge >= 0.3 is 0 Å². The lowest BCUT2D eigenvalue weighted by Gasteiger charge is -2.63. The summed E-state index contributed by atoms with van der Waals surface area (Å²) in [4.78, 5) is 0. The minimum absolute atomic E-state index is 0.0879. The third kappa shape index (κ3) is 2.73. The summed E-state index contributed by atoms with van der Waals surface area (Å²) in [7, 11) is 0. The quantitative estimate of drug-likeness (QED) is 0.425. The predicted octanol–water partition coefficient (Wildman–Crippen LogP) is 8.41. The fraction of sp³-hybridized carbons (Fsp3) is 0.935. The predicted molar refractivity (Wildman–Crippen MR) is 135 cm³/mol. The molecule has 0 amide bonds. The Morgan fingerprint density at radius 3 is 2.19 bits per heavy atom. The SMILES string of the molecule is C=C(C)[C@H](C)CC[C@@H](C)[C@H]1CC[C@@]2(C)[C@@H]3CC[C@H]4C(C)(C)[C@@H](O)CC[C@@]45C[C@@]35CC[C@]12C. The van der Waals surface area contributed by atoms with Gasteiger partial charge in [0.15, 0.2) is 0 Å². The van der Waals surface area contributed by atoms with Crippen molar-refractivity contribution in [2.75, 3.05) is 0 Å². The van der Waals surface area contributed by atoms with Crippen LogP contribution in [0.2, 0.25) is 0 Å². The molecule has 5 aliphatic rings. The molecule has 0 aromatic carbocycles. The Kier molecular flexibility index (Phi) is 5.21. The molecular formula is C31H52O. The maximum absolute atomic E-state index is 10.9. The largest absolute Gasteiger partial charge is 0.393 e. The van der Waals surface area contributed by atoms with Gasteiger partial charge in [0.05, 0.1) is 6.10 Å². The molecule has 1 heteroatoms. The summed E-state index contributed by atoms with van der Waals surface area (Å²) in [5, 5.41) is 10.9. The van der Waals surface area contributed by atoms with Gasteiger partial charge in [-0.05, 0) is 134 Å². The summed E-state index contributed by atoms with van der Waals surface area (Å²) in [5.41, 5.74) is 3.71. The molecule has 0 aliphatic heterocycles. The molecule has 0 unspecified atom stereocenters. The van der Waals surface area contributed by atoms with Gasteiger partial charge in [-0.2, -0.15) is 0 Å². The number of aliphatic hydroxyl groups is 1. The first-order valence-corrected chi connectivity index (χ1v) is 14.2. The summed E-state index contributed by atoms with van der Waals surface area (Å²) >= 11 is 0. The van der Waals surface area contributed by atoms with Crippen molar-refractivity contribution < 1.29 is 5.11 Å². The average molecular weight is 441 g/mol. The van der Waals surface area contributed by atoms with Crippen LogP contribution in [0.3, 0.4) is 0 Å². The summed E-state index contributed by atoms with van der Waals surface area (Å²) in [6, 6.07) is 0. The minimum atomic E-state index is -0.0879. The molecule has 0 saturated heterocycles. The maximum atomic E-state index is 10.9. The van der Waals surface area contributed by atoms with E-state index in [1.54, 1.807) is 0 Å². The molecule has 0 radical (unpaired) electrons. The maximum Gasteiger partial charge on any atom is 0.0594 e. The van der Waals surface area contributed by atoms with E-state index in [9.17, 15) is 5.11 Å². The van der Waals surface area contributed by atoms with Gasteiger partial charge in [0.25, 0.3) is 0 Å². The Bertz CT molecular complexity index is 781. The summed E-state index contributed by atoms with van der Waals surface area (Å²) in [6.07, 6.45) is 15.1. The lowest BCUT2D eigenvalue weighted by Crippen LogP contribution is -2.57. The lowest BCUT2D eigenvalue weighted by atomic mass is 9.41. The van der Waals surface area contributed by atoms with Crippen LogP contribution in [0.4, 0.5) is 0 Å². The van der Waals surface area contributed by atoms with E-state index in [1.165, 1.54) is 69.8 Å². The van der Waals surface area contributed by atoms with Gasteiger partial charge in [-0.25, -0.2) is 0 Å². The van der Waals surface area contributed by atoms with E-state index in [1.807, 2.05) is 0 Å². The van der Waals surface area contributed by atoms with Crippen molar-refractivity contribution in [3.63, 3.8) is 0 Å². The Hall–Kier alpha value is -0.300. The number of aliphatic hydroxyl groups excluding tert-OH is 1. The van der Waals surface area contributed by atoms with Crippen molar-refractivity contribution in [2.24, 2.45) is 56.7 Å². The highest BCUT2D eigenvalue weighted by Crippen LogP contribution is 2.89. The molecule has 10 atom stereocenters. The highest BCUT2D eigenvalue weighted by Gasteiger charge is 2.82. The van der Waals surface area contributed by atoms with Gasteiger partial charge in [-0.1, -0.05) is 53.7 Å². The topological polar surface area (TPSA) is 20.2 Å². The first-order valence-electron chi connectivity index (χ1n) is 14.2. The fourth-order valence-electron chi connectivity index (χ4n) is 11.3. The van der Waals surface area contributed by atoms with Crippen molar-refractivity contribution in [3.05, 3.63) is 12.2 Å². The summed E-state index contributed by atoms with van der Waals surface area (Å²) in [5.74, 6) is 4.09. The van der Waals surface area contributed by atoms with Crippen molar-refractivity contribution in [3.8, 4) is 0 Å². The normalized spacial score (nSPS) is 52.8. The van der Waals surface area contributed by atoms with E-state index in [4.69, 9.17) is 0 Å². The molecule has 1 N–H and O–H groups in total. The molecule has 5 rings (SSSR count). The van der Waals surface area contributed by atoms with Gasteiger partial charge in [-0.3, -0.25) is 0 Å². The van der Waals surface area contributed by atoms with Crippen LogP contribution in [0, 0.1) is 56.7 Å². The van der Waals surface area contributed by atoms with E-state index in [0.717, 1.165) is 30.1 Å². The van der Waals surface area contributed by atoms with E-state index in [2.05, 4.69) is 55.0 Å². The minimum Gasteiger partial charge on any atom is -0.393 e. The number of hydrogen-bond acceptors (Lipinski definition) is 1. The highest BCUT2D eigenvalue weighted by atomic mass is 16.3. The zero-order valence-electron chi connectivity index (χ0n) is 22.4. The Balaban J connectivity index is 1.39. The van der Waals surface area contributed by atoms with Crippen LogP contribution in [0.15, 0.2) is 12.2 Å². The smallest absolute Gasteiger partial charge is 0.0594 e.